The summed E-state index contributed by atoms with van der Waals surface area (Å²) in [7, 11) is 0. The molecule has 6 nitrogen and oxygen atoms in total. The molecule has 0 aromatic heterocycles. The molecule has 0 saturated carbocycles. The van der Waals surface area contributed by atoms with E-state index in [1.807, 2.05) is 0 Å². The van der Waals surface area contributed by atoms with Gasteiger partial charge in [0.1, 0.15) is 0 Å². The van der Waals surface area contributed by atoms with E-state index in [9.17, 15) is 9.59 Å². The van der Waals surface area contributed by atoms with Crippen molar-refractivity contribution >= 4 is 12.2 Å². The first-order valence-electron chi connectivity index (χ1n) is 2.48. The summed E-state index contributed by atoms with van der Waals surface area (Å²) >= 11 is 0. The van der Waals surface area contributed by atoms with Gasteiger partial charge >= 0.3 is 12.2 Å². The van der Waals surface area contributed by atoms with Crippen molar-refractivity contribution in [1.29, 1.82) is 0 Å². The minimum atomic E-state index is -1.52. The maximum atomic E-state index is 10.2. The summed E-state index contributed by atoms with van der Waals surface area (Å²) in [5.41, 5.74) is 0. The van der Waals surface area contributed by atoms with Gasteiger partial charge in [-0.25, -0.2) is 9.59 Å². The predicted octanol–water partition coefficient (Wildman–Crippen LogP) is 1.27. The van der Waals surface area contributed by atoms with Crippen molar-refractivity contribution in [3.8, 4) is 0 Å². The van der Waals surface area contributed by atoms with Crippen LogP contribution in [0, 0.1) is 0 Å². The Morgan fingerprint density at radius 3 is 2.50 bits per heavy atom. The Hall–Kier alpha value is -1.46. The Morgan fingerprint density at radius 2 is 2.10 bits per heavy atom. The van der Waals surface area contributed by atoms with Gasteiger partial charge in [-0.1, -0.05) is 10.2 Å². The summed E-state index contributed by atoms with van der Waals surface area (Å²) in [6, 6.07) is 0. The van der Waals surface area contributed by atoms with Gasteiger partial charge in [0.05, 0.1) is 6.61 Å². The third-order valence-electron chi connectivity index (χ3n) is 0.485. The van der Waals surface area contributed by atoms with Crippen LogP contribution in [0.2, 0.25) is 0 Å². The van der Waals surface area contributed by atoms with Gasteiger partial charge in [0.15, 0.2) is 0 Å². The average molecular weight is 146 g/mol. The molecule has 1 N–H and O–H groups in total. The summed E-state index contributed by atoms with van der Waals surface area (Å²) in [4.78, 5) is 19.8. The van der Waals surface area contributed by atoms with Crippen LogP contribution in [0.3, 0.4) is 0 Å². The molecule has 0 spiro atoms. The van der Waals surface area contributed by atoms with Crippen molar-refractivity contribution in [3.63, 3.8) is 0 Å². The fraction of sp³-hybridized carbons (Fsp3) is 0.500. The normalized spacial score (nSPS) is 9.70. The molecule has 0 aliphatic rings. The molecule has 56 valence electrons. The highest BCUT2D eigenvalue weighted by Crippen LogP contribution is 1.84. The summed E-state index contributed by atoms with van der Waals surface area (Å²) in [6.45, 7) is 1.73. The Bertz CT molecular complexity index is 165. The van der Waals surface area contributed by atoms with Crippen molar-refractivity contribution in [2.45, 2.75) is 6.92 Å². The van der Waals surface area contributed by atoms with Crippen LogP contribution in [0.1, 0.15) is 6.92 Å². The van der Waals surface area contributed by atoms with Crippen LogP contribution in [0.5, 0.6) is 0 Å². The van der Waals surface area contributed by atoms with E-state index in [1.165, 1.54) is 0 Å². The molecule has 0 aliphatic carbocycles. The van der Waals surface area contributed by atoms with Crippen molar-refractivity contribution in [2.75, 3.05) is 6.61 Å². The van der Waals surface area contributed by atoms with Crippen LogP contribution >= 0.6 is 0 Å². The molecule has 0 saturated heterocycles. The first-order valence-corrected chi connectivity index (χ1v) is 2.48. The van der Waals surface area contributed by atoms with E-state index in [-0.39, 0.29) is 6.61 Å². The fourth-order valence-corrected chi connectivity index (χ4v) is 0.236. The first-order chi connectivity index (χ1) is 4.66. The van der Waals surface area contributed by atoms with Crippen LogP contribution in [0.4, 0.5) is 9.59 Å². The molecule has 0 bridgehead atoms. The molecule has 0 radical (unpaired) electrons. The number of carbonyl (C=O) groups excluding carboxylic acids is 1. The number of azo groups is 1. The van der Waals surface area contributed by atoms with E-state index in [4.69, 9.17) is 5.11 Å². The smallest absolute Gasteiger partial charge is 0.452 e. The third kappa shape index (κ3) is 4.69. The molecule has 0 unspecified atom stereocenters. The zero-order valence-corrected chi connectivity index (χ0v) is 5.27. The highest BCUT2D eigenvalue weighted by molar-refractivity contribution is 5.71. The van der Waals surface area contributed by atoms with Crippen LogP contribution in [-0.2, 0) is 4.74 Å². The zero-order chi connectivity index (χ0) is 7.98. The van der Waals surface area contributed by atoms with Crippen LogP contribution in [0.25, 0.3) is 0 Å². The number of rotatable bonds is 1. The lowest BCUT2D eigenvalue weighted by Crippen LogP contribution is -1.97. The standard InChI is InChI=1S/C4H6N2O4/c1-2-10-4(9)6-5-3(7)8/h2H2,1H3,(H,7,8)/b6-5-. The lowest BCUT2D eigenvalue weighted by molar-refractivity contribution is 0.160. The number of hydrogen-bond donors (Lipinski definition) is 1. The second-order valence-corrected chi connectivity index (χ2v) is 1.18. The van der Waals surface area contributed by atoms with Crippen molar-refractivity contribution < 1.29 is 19.4 Å². The number of carbonyl (C=O) groups is 2. The van der Waals surface area contributed by atoms with Gasteiger partial charge in [0, 0.05) is 0 Å². The van der Waals surface area contributed by atoms with E-state index in [2.05, 4.69) is 15.0 Å². The number of amides is 2. The van der Waals surface area contributed by atoms with Crippen molar-refractivity contribution in [2.24, 2.45) is 10.2 Å². The molecule has 0 atom stereocenters. The molecule has 0 aromatic rings. The van der Waals surface area contributed by atoms with Gasteiger partial charge in [-0.15, -0.1) is 0 Å². The zero-order valence-electron chi connectivity index (χ0n) is 5.27. The van der Waals surface area contributed by atoms with Crippen molar-refractivity contribution in [3.05, 3.63) is 0 Å². The quantitative estimate of drug-likeness (QED) is 0.564. The van der Waals surface area contributed by atoms with E-state index in [0.29, 0.717) is 0 Å². The summed E-state index contributed by atoms with van der Waals surface area (Å²) in [6.07, 6.45) is -2.52. The molecule has 10 heavy (non-hydrogen) atoms. The summed E-state index contributed by atoms with van der Waals surface area (Å²) < 4.78 is 4.23. The van der Waals surface area contributed by atoms with Gasteiger partial charge in [-0.05, 0) is 6.92 Å². The van der Waals surface area contributed by atoms with Gasteiger partial charge in [0.2, 0.25) is 0 Å². The third-order valence-corrected chi connectivity index (χ3v) is 0.485. The molecule has 0 rings (SSSR count). The number of hydrogen-bond acceptors (Lipinski definition) is 3. The van der Waals surface area contributed by atoms with Gasteiger partial charge in [-0.2, -0.15) is 0 Å². The van der Waals surface area contributed by atoms with Gasteiger partial charge in [-0.3, -0.25) is 0 Å². The average Bonchev–Trinajstić information content (AvgIpc) is 1.85. The summed E-state index contributed by atoms with van der Waals surface area (Å²) in [5.74, 6) is 0. The van der Waals surface area contributed by atoms with Gasteiger partial charge in [0.25, 0.3) is 0 Å². The minimum Gasteiger partial charge on any atom is -0.462 e. The molecule has 0 aliphatic heterocycles. The molecule has 0 fully saturated rings. The lowest BCUT2D eigenvalue weighted by atomic mass is 10.9. The van der Waals surface area contributed by atoms with E-state index < -0.39 is 12.2 Å². The summed E-state index contributed by atoms with van der Waals surface area (Å²) in [5, 5.41) is 13.1. The second kappa shape index (κ2) is 4.42. The molecule has 0 heterocycles. The largest absolute Gasteiger partial charge is 0.462 e. The minimum absolute atomic E-state index is 0.150. The Labute approximate surface area is 56.5 Å². The molecule has 6 heteroatoms. The van der Waals surface area contributed by atoms with Crippen LogP contribution in [0.15, 0.2) is 10.2 Å². The molecule has 2 amide bonds. The maximum absolute atomic E-state index is 10.2. The van der Waals surface area contributed by atoms with Gasteiger partial charge < -0.3 is 9.84 Å². The SMILES string of the molecule is CCOC(=O)/N=N\C(=O)O. The molecular weight excluding hydrogens is 140 g/mol. The Balaban J connectivity index is 3.67. The second-order valence-electron chi connectivity index (χ2n) is 1.18. The highest BCUT2D eigenvalue weighted by Gasteiger charge is 1.97. The van der Waals surface area contributed by atoms with E-state index >= 15 is 0 Å². The van der Waals surface area contributed by atoms with Crippen LogP contribution in [-0.4, -0.2) is 23.9 Å². The van der Waals surface area contributed by atoms with Crippen molar-refractivity contribution in [1.82, 2.24) is 0 Å². The fourth-order valence-electron chi connectivity index (χ4n) is 0.236. The van der Waals surface area contributed by atoms with Crippen LogP contribution < -0.4 is 0 Å². The number of nitrogens with zero attached hydrogens (tertiary/aromatic N) is 2. The molecular formula is C4H6N2O4. The maximum Gasteiger partial charge on any atom is 0.452 e. The predicted molar refractivity (Wildman–Crippen MR) is 29.9 cm³/mol. The lowest BCUT2D eigenvalue weighted by Gasteiger charge is -1.89. The van der Waals surface area contributed by atoms with E-state index in [1.54, 1.807) is 6.92 Å². The van der Waals surface area contributed by atoms with E-state index in [0.717, 1.165) is 0 Å². The number of carboxylic acid groups (broad SMARTS) is 1. The first kappa shape index (κ1) is 8.54. The molecule has 0 aromatic carbocycles. The monoisotopic (exact) mass is 146 g/mol. The number of ether oxygens (including phenoxy) is 1. The Kier molecular flexibility index (Phi) is 3.78. The highest BCUT2D eigenvalue weighted by atomic mass is 16.5. The topological polar surface area (TPSA) is 88.3 Å². The Morgan fingerprint density at radius 1 is 1.50 bits per heavy atom.